The van der Waals surface area contributed by atoms with Crippen LogP contribution in [0.1, 0.15) is 36.6 Å². The van der Waals surface area contributed by atoms with E-state index < -0.39 is 23.8 Å². The Bertz CT molecular complexity index is 1050. The zero-order valence-electron chi connectivity index (χ0n) is 17.8. The SMILES string of the molecule is CCN=C1NC(c2ccc(Cl)cc2)C(C(=O)OC)=C(C)N1Cc1cccc(C(F)(F)F)c1. The molecular formula is C23H23ClF3N3O2. The highest BCUT2D eigenvalue weighted by molar-refractivity contribution is 6.30. The van der Waals surface area contributed by atoms with Gasteiger partial charge in [-0.3, -0.25) is 4.99 Å². The molecule has 0 amide bonds. The van der Waals surface area contributed by atoms with Crippen LogP contribution in [0.2, 0.25) is 5.02 Å². The van der Waals surface area contributed by atoms with E-state index in [0.717, 1.165) is 17.7 Å². The first kappa shape index (κ1) is 23.7. The fraction of sp³-hybridized carbons (Fsp3) is 0.304. The minimum Gasteiger partial charge on any atom is -0.466 e. The first-order valence-electron chi connectivity index (χ1n) is 9.95. The van der Waals surface area contributed by atoms with Crippen LogP contribution < -0.4 is 5.32 Å². The normalized spacial score (nSPS) is 18.0. The van der Waals surface area contributed by atoms with Gasteiger partial charge in [-0.05, 0) is 49.2 Å². The van der Waals surface area contributed by atoms with Crippen LogP contribution in [0.4, 0.5) is 13.2 Å². The van der Waals surface area contributed by atoms with Crippen molar-refractivity contribution in [3.05, 3.63) is 81.5 Å². The number of guanidine groups is 1. The maximum atomic E-state index is 13.2. The molecule has 9 heteroatoms. The number of carbonyl (C=O) groups excluding carboxylic acids is 1. The summed E-state index contributed by atoms with van der Waals surface area (Å²) in [7, 11) is 1.29. The lowest BCUT2D eigenvalue weighted by atomic mass is 9.94. The number of allylic oxidation sites excluding steroid dienone is 1. The van der Waals surface area contributed by atoms with Crippen molar-refractivity contribution in [3.8, 4) is 0 Å². The zero-order valence-corrected chi connectivity index (χ0v) is 18.6. The van der Waals surface area contributed by atoms with Gasteiger partial charge >= 0.3 is 12.1 Å². The molecule has 1 atom stereocenters. The van der Waals surface area contributed by atoms with Crippen molar-refractivity contribution < 1.29 is 22.7 Å². The van der Waals surface area contributed by atoms with Crippen LogP contribution in [0.15, 0.2) is 64.8 Å². The molecule has 5 nitrogen and oxygen atoms in total. The Hall–Kier alpha value is -3.00. The van der Waals surface area contributed by atoms with Crippen LogP contribution in [0.3, 0.4) is 0 Å². The smallest absolute Gasteiger partial charge is 0.416 e. The Morgan fingerprint density at radius 1 is 1.22 bits per heavy atom. The van der Waals surface area contributed by atoms with E-state index in [2.05, 4.69) is 10.3 Å². The molecule has 1 aliphatic rings. The summed E-state index contributed by atoms with van der Waals surface area (Å²) < 4.78 is 44.5. The predicted molar refractivity (Wildman–Crippen MR) is 117 cm³/mol. The van der Waals surface area contributed by atoms with Crippen LogP contribution in [0.5, 0.6) is 0 Å². The second kappa shape index (κ2) is 9.65. The van der Waals surface area contributed by atoms with Crippen LogP contribution in [-0.4, -0.2) is 30.5 Å². The summed E-state index contributed by atoms with van der Waals surface area (Å²) in [5.74, 6) is -0.0884. The van der Waals surface area contributed by atoms with E-state index >= 15 is 0 Å². The van der Waals surface area contributed by atoms with Gasteiger partial charge in [-0.25, -0.2) is 4.79 Å². The number of alkyl halides is 3. The molecular weight excluding hydrogens is 443 g/mol. The summed E-state index contributed by atoms with van der Waals surface area (Å²) >= 11 is 6.01. The van der Waals surface area contributed by atoms with Crippen molar-refractivity contribution in [3.63, 3.8) is 0 Å². The molecule has 0 saturated heterocycles. The number of carbonyl (C=O) groups is 1. The van der Waals surface area contributed by atoms with Crippen molar-refractivity contribution >= 4 is 23.5 Å². The van der Waals surface area contributed by atoms with E-state index in [1.807, 2.05) is 6.92 Å². The van der Waals surface area contributed by atoms with Gasteiger partial charge in [-0.15, -0.1) is 0 Å². The lowest BCUT2D eigenvalue weighted by Gasteiger charge is -2.38. The number of nitrogens with one attached hydrogen (secondary N) is 1. The molecule has 0 saturated carbocycles. The van der Waals surface area contributed by atoms with Crippen LogP contribution >= 0.6 is 11.6 Å². The van der Waals surface area contributed by atoms with Crippen molar-refractivity contribution in [2.45, 2.75) is 32.6 Å². The van der Waals surface area contributed by atoms with Gasteiger partial charge in [-0.2, -0.15) is 13.2 Å². The minimum absolute atomic E-state index is 0.0927. The lowest BCUT2D eigenvalue weighted by Crippen LogP contribution is -2.48. The van der Waals surface area contributed by atoms with Crippen LogP contribution in [0, 0.1) is 0 Å². The Morgan fingerprint density at radius 2 is 1.91 bits per heavy atom. The third kappa shape index (κ3) is 5.07. The number of aliphatic imine (C=N–C) groups is 1. The highest BCUT2D eigenvalue weighted by Crippen LogP contribution is 2.34. The number of nitrogens with zero attached hydrogens (tertiary/aromatic N) is 2. The predicted octanol–water partition coefficient (Wildman–Crippen LogP) is 5.33. The first-order chi connectivity index (χ1) is 15.2. The van der Waals surface area contributed by atoms with Crippen LogP contribution in [-0.2, 0) is 22.3 Å². The Kier molecular flexibility index (Phi) is 7.13. The topological polar surface area (TPSA) is 53.9 Å². The summed E-state index contributed by atoms with van der Waals surface area (Å²) in [6, 6.07) is 11.6. The molecule has 0 bridgehead atoms. The summed E-state index contributed by atoms with van der Waals surface area (Å²) in [6.07, 6.45) is -4.45. The molecule has 0 aromatic heterocycles. The van der Waals surface area contributed by atoms with Crippen molar-refractivity contribution in [2.75, 3.05) is 13.7 Å². The Morgan fingerprint density at radius 3 is 2.50 bits per heavy atom. The van der Waals surface area contributed by atoms with E-state index in [4.69, 9.17) is 16.3 Å². The average Bonchev–Trinajstić information content (AvgIpc) is 2.76. The highest BCUT2D eigenvalue weighted by Gasteiger charge is 2.36. The average molecular weight is 466 g/mol. The molecule has 2 aromatic carbocycles. The molecule has 170 valence electrons. The molecule has 2 aromatic rings. The largest absolute Gasteiger partial charge is 0.466 e. The van der Waals surface area contributed by atoms with Crippen LogP contribution in [0.25, 0.3) is 0 Å². The third-order valence-corrected chi connectivity index (χ3v) is 5.38. The van der Waals surface area contributed by atoms with E-state index in [0.29, 0.717) is 34.4 Å². The summed E-state index contributed by atoms with van der Waals surface area (Å²) in [5.41, 5.74) is 1.36. The monoisotopic (exact) mass is 465 g/mol. The van der Waals surface area contributed by atoms with E-state index in [1.54, 1.807) is 42.2 Å². The van der Waals surface area contributed by atoms with E-state index in [-0.39, 0.29) is 6.54 Å². The molecule has 1 heterocycles. The Balaban J connectivity index is 2.08. The van der Waals surface area contributed by atoms with Crippen molar-refractivity contribution in [1.29, 1.82) is 0 Å². The van der Waals surface area contributed by atoms with Gasteiger partial charge in [0.15, 0.2) is 5.96 Å². The number of halogens is 4. The Labute approximate surface area is 189 Å². The van der Waals surface area contributed by atoms with Crippen molar-refractivity contribution in [1.82, 2.24) is 10.2 Å². The number of rotatable bonds is 5. The lowest BCUT2D eigenvalue weighted by molar-refractivity contribution is -0.138. The summed E-state index contributed by atoms with van der Waals surface area (Å²) in [6.45, 7) is 4.11. The summed E-state index contributed by atoms with van der Waals surface area (Å²) in [5, 5.41) is 3.81. The molecule has 0 aliphatic carbocycles. The maximum absolute atomic E-state index is 13.2. The van der Waals surface area contributed by atoms with Gasteiger partial charge in [-0.1, -0.05) is 35.9 Å². The minimum atomic E-state index is -4.45. The quantitative estimate of drug-likeness (QED) is 0.606. The number of benzene rings is 2. The fourth-order valence-corrected chi connectivity index (χ4v) is 3.70. The molecule has 1 N–H and O–H groups in total. The highest BCUT2D eigenvalue weighted by atomic mass is 35.5. The molecule has 0 radical (unpaired) electrons. The van der Waals surface area contributed by atoms with E-state index in [1.165, 1.54) is 13.2 Å². The molecule has 1 unspecified atom stereocenters. The van der Waals surface area contributed by atoms with Gasteiger partial charge in [0.1, 0.15) is 0 Å². The fourth-order valence-electron chi connectivity index (χ4n) is 3.58. The zero-order chi connectivity index (χ0) is 23.5. The first-order valence-corrected chi connectivity index (χ1v) is 10.3. The molecule has 0 spiro atoms. The molecule has 32 heavy (non-hydrogen) atoms. The number of hydrogen-bond donors (Lipinski definition) is 1. The second-order valence-electron chi connectivity index (χ2n) is 7.20. The maximum Gasteiger partial charge on any atom is 0.416 e. The third-order valence-electron chi connectivity index (χ3n) is 5.12. The number of hydrogen-bond acceptors (Lipinski definition) is 3. The van der Waals surface area contributed by atoms with Gasteiger partial charge < -0.3 is 15.0 Å². The standard InChI is InChI=1S/C23H23ClF3N3O2/c1-4-28-22-29-20(16-8-10-18(24)11-9-16)19(21(31)32-3)14(2)30(22)13-15-6-5-7-17(12-15)23(25,26)27/h5-12,20H,4,13H2,1-3H3,(H,28,29). The van der Waals surface area contributed by atoms with Gasteiger partial charge in [0, 0.05) is 17.3 Å². The summed E-state index contributed by atoms with van der Waals surface area (Å²) in [4.78, 5) is 18.9. The van der Waals surface area contributed by atoms with E-state index in [9.17, 15) is 18.0 Å². The molecule has 3 rings (SSSR count). The van der Waals surface area contributed by atoms with Gasteiger partial charge in [0.05, 0.1) is 30.8 Å². The number of ether oxygens (including phenoxy) is 1. The second-order valence-corrected chi connectivity index (χ2v) is 7.64. The number of methoxy groups -OCH3 is 1. The molecule has 1 aliphatic heterocycles. The van der Waals surface area contributed by atoms with Crippen molar-refractivity contribution in [2.24, 2.45) is 4.99 Å². The van der Waals surface area contributed by atoms with Gasteiger partial charge in [0.25, 0.3) is 0 Å². The number of esters is 1. The van der Waals surface area contributed by atoms with Gasteiger partial charge in [0.2, 0.25) is 0 Å². The molecule has 0 fully saturated rings.